The summed E-state index contributed by atoms with van der Waals surface area (Å²) in [6.07, 6.45) is 0. The zero-order valence-corrected chi connectivity index (χ0v) is 15.4. The first-order valence-electron chi connectivity index (χ1n) is 7.29. The highest BCUT2D eigenvalue weighted by molar-refractivity contribution is 6.36. The molecule has 0 aliphatic carbocycles. The molecule has 0 spiro atoms. The molecule has 0 aliphatic heterocycles. The van der Waals surface area contributed by atoms with Crippen molar-refractivity contribution in [2.75, 3.05) is 15.6 Å². The summed E-state index contributed by atoms with van der Waals surface area (Å²) in [7, 11) is 0. The number of carbonyl (C=O) groups is 2. The van der Waals surface area contributed by atoms with E-state index in [0.29, 0.717) is 0 Å². The Morgan fingerprint density at radius 2 is 1.75 bits per heavy atom. The molecule has 0 saturated carbocycles. The number of aryl methyl sites for hydroxylation is 2. The van der Waals surface area contributed by atoms with Crippen LogP contribution in [0.4, 0.5) is 11.4 Å². The van der Waals surface area contributed by atoms with Gasteiger partial charge in [-0.1, -0.05) is 30.3 Å². The summed E-state index contributed by atoms with van der Waals surface area (Å²) >= 11 is 11.1. The quantitative estimate of drug-likeness (QED) is 0.633. The summed E-state index contributed by atoms with van der Waals surface area (Å²) in [4.78, 5) is 21.7. The van der Waals surface area contributed by atoms with E-state index in [-0.39, 0.29) is 17.7 Å². The van der Waals surface area contributed by atoms with Crippen molar-refractivity contribution in [3.63, 3.8) is 0 Å². The van der Waals surface area contributed by atoms with Crippen molar-refractivity contribution < 1.29 is 9.59 Å². The minimum Gasteiger partial charge on any atom is -0.325 e. The molecule has 2 rings (SSSR count). The summed E-state index contributed by atoms with van der Waals surface area (Å²) in [6, 6.07) is 15.1. The fourth-order valence-electron chi connectivity index (χ4n) is 1.87. The Morgan fingerprint density at radius 3 is 2.29 bits per heavy atom. The van der Waals surface area contributed by atoms with Crippen LogP contribution in [0.5, 0.6) is 0 Å². The zero-order chi connectivity index (χ0) is 18.1. The summed E-state index contributed by atoms with van der Waals surface area (Å²) in [6.45, 7) is 5.31. The molecule has 2 amide bonds. The minimum atomic E-state index is -0.178. The maximum absolute atomic E-state index is 10.9. The molecule has 0 atom stereocenters. The smallest absolute Gasteiger partial charge is 0.239 e. The molecule has 0 fully saturated rings. The van der Waals surface area contributed by atoms with Gasteiger partial charge in [-0.15, -0.1) is 11.6 Å². The molecule has 0 radical (unpaired) electrons. The molecule has 0 aliphatic rings. The molecule has 6 heteroatoms. The first kappa shape index (κ1) is 20.0. The summed E-state index contributed by atoms with van der Waals surface area (Å²) < 4.78 is 1.12. The molecule has 4 nitrogen and oxygen atoms in total. The summed E-state index contributed by atoms with van der Waals surface area (Å²) in [5.74, 6) is -0.359. The van der Waals surface area contributed by atoms with Crippen molar-refractivity contribution in [2.24, 2.45) is 0 Å². The average Bonchev–Trinajstić information content (AvgIpc) is 2.55. The second kappa shape index (κ2) is 9.96. The van der Waals surface area contributed by atoms with Crippen LogP contribution in [0.1, 0.15) is 18.1 Å². The van der Waals surface area contributed by atoms with Crippen LogP contribution in [-0.2, 0) is 9.59 Å². The highest BCUT2D eigenvalue weighted by atomic mass is 35.5. The lowest BCUT2D eigenvalue weighted by molar-refractivity contribution is -0.115. The van der Waals surface area contributed by atoms with Gasteiger partial charge < -0.3 is 5.32 Å². The molecule has 24 heavy (non-hydrogen) atoms. The maximum atomic E-state index is 10.9. The van der Waals surface area contributed by atoms with Crippen molar-refractivity contribution >= 4 is 46.6 Å². The van der Waals surface area contributed by atoms with Gasteiger partial charge in [-0.25, -0.2) is 4.42 Å². The van der Waals surface area contributed by atoms with Gasteiger partial charge in [0.05, 0.1) is 5.69 Å². The Bertz CT molecular complexity index is 705. The fourth-order valence-corrected chi connectivity index (χ4v) is 2.13. The topological polar surface area (TPSA) is 49.4 Å². The van der Waals surface area contributed by atoms with E-state index in [1.165, 1.54) is 6.92 Å². The Labute approximate surface area is 152 Å². The standard InChI is InChI=1S/2C9H10ClNO/c1-7-5-3-4-6-9(7)11(10)8(2)12;1-7-3-2-4-8(5-7)11-9(12)6-10/h3-6H,1-2H3;2-5H,6H2,1H3,(H,11,12). The van der Waals surface area contributed by atoms with E-state index < -0.39 is 0 Å². The molecule has 2 aromatic rings. The summed E-state index contributed by atoms with van der Waals surface area (Å²) in [5.41, 5.74) is 3.64. The number of halogens is 2. The fraction of sp³-hybridized carbons (Fsp3) is 0.222. The Kier molecular flexibility index (Phi) is 8.30. The zero-order valence-electron chi connectivity index (χ0n) is 13.8. The van der Waals surface area contributed by atoms with Crippen LogP contribution < -0.4 is 9.74 Å². The van der Waals surface area contributed by atoms with E-state index in [2.05, 4.69) is 5.32 Å². The van der Waals surface area contributed by atoms with Gasteiger partial charge in [-0.2, -0.15) is 0 Å². The Balaban J connectivity index is 0.000000240. The number of nitrogens with zero attached hydrogens (tertiary/aromatic N) is 1. The Hall–Kier alpha value is -2.04. The number of anilines is 2. The SMILES string of the molecule is CC(=O)N(Cl)c1ccccc1C.Cc1cccc(NC(=O)CCl)c1. The highest BCUT2D eigenvalue weighted by Gasteiger charge is 2.09. The number of para-hydroxylation sites is 1. The van der Waals surface area contributed by atoms with E-state index in [1.54, 1.807) is 0 Å². The highest BCUT2D eigenvalue weighted by Crippen LogP contribution is 2.20. The van der Waals surface area contributed by atoms with Crippen LogP contribution >= 0.6 is 23.4 Å². The molecule has 0 aromatic heterocycles. The van der Waals surface area contributed by atoms with E-state index in [4.69, 9.17) is 23.4 Å². The van der Waals surface area contributed by atoms with Crippen LogP contribution in [0.15, 0.2) is 48.5 Å². The molecular weight excluding hydrogens is 347 g/mol. The number of hydrogen-bond donors (Lipinski definition) is 1. The van der Waals surface area contributed by atoms with Crippen LogP contribution in [0.25, 0.3) is 0 Å². The lowest BCUT2D eigenvalue weighted by atomic mass is 10.2. The number of benzene rings is 2. The van der Waals surface area contributed by atoms with E-state index >= 15 is 0 Å². The Morgan fingerprint density at radius 1 is 1.08 bits per heavy atom. The van der Waals surface area contributed by atoms with Crippen LogP contribution in [0, 0.1) is 13.8 Å². The predicted octanol–water partition coefficient (Wildman–Crippen LogP) is 4.67. The second-order valence-electron chi connectivity index (χ2n) is 5.14. The van der Waals surface area contributed by atoms with Gasteiger partial charge in [0, 0.05) is 24.4 Å². The monoisotopic (exact) mass is 366 g/mol. The first-order chi connectivity index (χ1) is 11.3. The van der Waals surface area contributed by atoms with E-state index in [0.717, 1.165) is 26.9 Å². The maximum Gasteiger partial charge on any atom is 0.239 e. The number of nitrogens with one attached hydrogen (secondary N) is 1. The number of hydrogen-bond acceptors (Lipinski definition) is 2. The second-order valence-corrected chi connectivity index (χ2v) is 5.74. The van der Waals surface area contributed by atoms with Crippen molar-refractivity contribution in [1.82, 2.24) is 0 Å². The lowest BCUT2D eigenvalue weighted by Gasteiger charge is -2.13. The molecule has 0 unspecified atom stereocenters. The third-order valence-corrected chi connectivity index (χ3v) is 3.69. The number of amides is 2. The van der Waals surface area contributed by atoms with Gasteiger partial charge in [0.25, 0.3) is 0 Å². The van der Waals surface area contributed by atoms with E-state index in [1.807, 2.05) is 62.4 Å². The van der Waals surface area contributed by atoms with Crippen LogP contribution in [0.2, 0.25) is 0 Å². The summed E-state index contributed by atoms with van der Waals surface area (Å²) in [5, 5.41) is 2.66. The molecular formula is C18H20Cl2N2O2. The molecule has 2 aromatic carbocycles. The van der Waals surface area contributed by atoms with Crippen molar-refractivity contribution in [1.29, 1.82) is 0 Å². The predicted molar refractivity (Wildman–Crippen MR) is 101 cm³/mol. The largest absolute Gasteiger partial charge is 0.325 e. The number of carbonyl (C=O) groups excluding carboxylic acids is 2. The number of alkyl halides is 1. The molecule has 128 valence electrons. The molecule has 0 heterocycles. The van der Waals surface area contributed by atoms with Gasteiger partial charge in [-0.05, 0) is 43.2 Å². The van der Waals surface area contributed by atoms with Crippen LogP contribution in [-0.4, -0.2) is 17.7 Å². The normalized spacial score (nSPS) is 9.54. The van der Waals surface area contributed by atoms with Gasteiger partial charge >= 0.3 is 0 Å². The lowest BCUT2D eigenvalue weighted by Crippen LogP contribution is -2.17. The average molecular weight is 367 g/mol. The third kappa shape index (κ3) is 6.60. The van der Waals surface area contributed by atoms with Crippen molar-refractivity contribution in [3.8, 4) is 0 Å². The van der Waals surface area contributed by atoms with Gasteiger partial charge in [0.15, 0.2) is 0 Å². The van der Waals surface area contributed by atoms with Crippen molar-refractivity contribution in [2.45, 2.75) is 20.8 Å². The van der Waals surface area contributed by atoms with Crippen molar-refractivity contribution in [3.05, 3.63) is 59.7 Å². The number of rotatable bonds is 3. The molecule has 0 bridgehead atoms. The molecule has 1 N–H and O–H groups in total. The van der Waals surface area contributed by atoms with Gasteiger partial charge in [0.2, 0.25) is 11.8 Å². The third-order valence-electron chi connectivity index (χ3n) is 3.03. The van der Waals surface area contributed by atoms with Crippen LogP contribution in [0.3, 0.4) is 0 Å². The first-order valence-corrected chi connectivity index (χ1v) is 8.17. The van der Waals surface area contributed by atoms with Gasteiger partial charge in [0.1, 0.15) is 5.88 Å². The minimum absolute atomic E-state index is 0.00601. The molecule has 0 saturated heterocycles. The van der Waals surface area contributed by atoms with E-state index in [9.17, 15) is 9.59 Å². The van der Waals surface area contributed by atoms with Gasteiger partial charge in [-0.3, -0.25) is 9.59 Å².